The lowest BCUT2D eigenvalue weighted by atomic mass is 10.1. The molecule has 1 aromatic carbocycles. The van der Waals surface area contributed by atoms with E-state index >= 15 is 0 Å². The van der Waals surface area contributed by atoms with Gasteiger partial charge in [-0.1, -0.05) is 0 Å². The van der Waals surface area contributed by atoms with Crippen LogP contribution in [0, 0.1) is 0 Å². The molecule has 21 heavy (non-hydrogen) atoms. The minimum Gasteiger partial charge on any atom is -0.388 e. The first-order chi connectivity index (χ1) is 9.94. The molecule has 0 aliphatic heterocycles. The minimum atomic E-state index is -4.33. The van der Waals surface area contributed by atoms with Crippen LogP contribution in [0.3, 0.4) is 0 Å². The molecule has 0 saturated heterocycles. The summed E-state index contributed by atoms with van der Waals surface area (Å²) < 4.78 is 31.9. The lowest BCUT2D eigenvalue weighted by molar-refractivity contribution is 0.493. The molecule has 1 aromatic rings. The summed E-state index contributed by atoms with van der Waals surface area (Å²) >= 11 is 0. The summed E-state index contributed by atoms with van der Waals surface area (Å²) in [4.78, 5) is 7.89. The Kier molecular flexibility index (Phi) is 4.35. The number of hydrogen-bond donors (Lipinski definition) is 2. The van der Waals surface area contributed by atoms with E-state index in [-0.39, 0.29) is 10.6 Å². The molecular formula is C14H15N3O3S. The predicted octanol–water partition coefficient (Wildman–Crippen LogP) is 2.21. The van der Waals surface area contributed by atoms with E-state index < -0.39 is 10.1 Å². The first-order valence-corrected chi connectivity index (χ1v) is 7.59. The van der Waals surface area contributed by atoms with E-state index in [0.717, 1.165) is 5.69 Å². The Balaban J connectivity index is 2.40. The lowest BCUT2D eigenvalue weighted by Crippen LogP contribution is -2.16. The van der Waals surface area contributed by atoms with Crippen LogP contribution in [0.15, 0.2) is 57.4 Å². The average molecular weight is 305 g/mol. The number of hydrogen-bond acceptors (Lipinski definition) is 5. The summed E-state index contributed by atoms with van der Waals surface area (Å²) in [5.41, 5.74) is 2.25. The SMILES string of the molecule is CN=C1C=CC(=Nc2ccc(NC)cc2)C=C1S(=O)(=O)O. The third kappa shape index (κ3) is 3.65. The van der Waals surface area contributed by atoms with Gasteiger partial charge in [0.2, 0.25) is 0 Å². The molecule has 0 unspecified atom stereocenters. The highest BCUT2D eigenvalue weighted by Crippen LogP contribution is 2.19. The zero-order valence-corrected chi connectivity index (χ0v) is 12.4. The van der Waals surface area contributed by atoms with Crippen molar-refractivity contribution in [2.24, 2.45) is 9.98 Å². The average Bonchev–Trinajstić information content (AvgIpc) is 2.47. The lowest BCUT2D eigenvalue weighted by Gasteiger charge is -2.09. The van der Waals surface area contributed by atoms with Crippen LogP contribution in [-0.4, -0.2) is 38.5 Å². The van der Waals surface area contributed by atoms with Gasteiger partial charge in [-0.05, 0) is 42.5 Å². The van der Waals surface area contributed by atoms with Crippen molar-refractivity contribution < 1.29 is 13.0 Å². The maximum Gasteiger partial charge on any atom is 0.296 e. The summed E-state index contributed by atoms with van der Waals surface area (Å²) in [7, 11) is -1.06. The highest BCUT2D eigenvalue weighted by Gasteiger charge is 2.21. The molecule has 1 aliphatic carbocycles. The van der Waals surface area contributed by atoms with Gasteiger partial charge in [-0.2, -0.15) is 8.42 Å². The van der Waals surface area contributed by atoms with Gasteiger partial charge in [0.25, 0.3) is 10.1 Å². The number of anilines is 1. The molecule has 0 heterocycles. The van der Waals surface area contributed by atoms with E-state index in [1.807, 2.05) is 19.2 Å². The summed E-state index contributed by atoms with van der Waals surface area (Å²) in [6.45, 7) is 0. The minimum absolute atomic E-state index is 0.196. The maximum atomic E-state index is 11.3. The van der Waals surface area contributed by atoms with Crippen molar-refractivity contribution in [2.75, 3.05) is 19.4 Å². The second-order valence-electron chi connectivity index (χ2n) is 4.26. The van der Waals surface area contributed by atoms with Crippen molar-refractivity contribution in [3.8, 4) is 0 Å². The van der Waals surface area contributed by atoms with Crippen LogP contribution in [0.2, 0.25) is 0 Å². The van der Waals surface area contributed by atoms with Crippen LogP contribution in [0.5, 0.6) is 0 Å². The highest BCUT2D eigenvalue weighted by atomic mass is 32.2. The summed E-state index contributed by atoms with van der Waals surface area (Å²) in [6.07, 6.45) is 4.44. The van der Waals surface area contributed by atoms with Crippen molar-refractivity contribution in [2.45, 2.75) is 0 Å². The zero-order valence-electron chi connectivity index (χ0n) is 11.6. The van der Waals surface area contributed by atoms with E-state index in [9.17, 15) is 13.0 Å². The van der Waals surface area contributed by atoms with Crippen molar-refractivity contribution in [1.29, 1.82) is 0 Å². The number of rotatable bonds is 3. The second-order valence-corrected chi connectivity index (χ2v) is 5.65. The van der Waals surface area contributed by atoms with Crippen LogP contribution in [0.25, 0.3) is 0 Å². The molecule has 2 rings (SSSR count). The van der Waals surface area contributed by atoms with Crippen molar-refractivity contribution in [1.82, 2.24) is 0 Å². The number of aliphatic imine (C=N–C) groups is 2. The summed E-state index contributed by atoms with van der Waals surface area (Å²) in [5.74, 6) is 0. The van der Waals surface area contributed by atoms with E-state index in [1.54, 1.807) is 18.2 Å². The Hall–Kier alpha value is -2.25. The fraction of sp³-hybridized carbons (Fsp3) is 0.143. The van der Waals surface area contributed by atoms with Crippen LogP contribution >= 0.6 is 0 Å². The number of allylic oxidation sites excluding steroid dienone is 4. The Morgan fingerprint density at radius 2 is 1.81 bits per heavy atom. The fourth-order valence-electron chi connectivity index (χ4n) is 1.82. The quantitative estimate of drug-likeness (QED) is 0.661. The van der Waals surface area contributed by atoms with Crippen LogP contribution in [-0.2, 0) is 10.1 Å². The Labute approximate surface area is 123 Å². The molecule has 0 bridgehead atoms. The normalized spacial score (nSPS) is 18.9. The van der Waals surface area contributed by atoms with E-state index in [0.29, 0.717) is 11.4 Å². The first-order valence-electron chi connectivity index (χ1n) is 6.15. The predicted molar refractivity (Wildman–Crippen MR) is 85.2 cm³/mol. The van der Waals surface area contributed by atoms with Crippen molar-refractivity contribution in [3.05, 3.63) is 47.4 Å². The van der Waals surface area contributed by atoms with Crippen LogP contribution < -0.4 is 5.32 Å². The standard InChI is InChI=1S/C14H15N3O3S/c1-15-10-3-5-11(6-4-10)17-12-7-8-13(16-2)14(9-12)21(18,19)20/h3-9,15H,1-2H3,(H,18,19,20). The molecule has 0 saturated carbocycles. The van der Waals surface area contributed by atoms with E-state index in [2.05, 4.69) is 15.3 Å². The fourth-order valence-corrected chi connectivity index (χ4v) is 2.51. The highest BCUT2D eigenvalue weighted by molar-refractivity contribution is 7.91. The molecule has 2 N–H and O–H groups in total. The van der Waals surface area contributed by atoms with Gasteiger partial charge in [0.1, 0.15) is 4.91 Å². The van der Waals surface area contributed by atoms with Crippen molar-refractivity contribution >= 4 is 32.9 Å². The zero-order chi connectivity index (χ0) is 15.5. The van der Waals surface area contributed by atoms with Gasteiger partial charge in [-0.25, -0.2) is 4.99 Å². The molecular weight excluding hydrogens is 290 g/mol. The molecule has 0 atom stereocenters. The Morgan fingerprint density at radius 1 is 1.14 bits per heavy atom. The Bertz CT molecular complexity index is 757. The third-order valence-electron chi connectivity index (χ3n) is 2.88. The number of nitrogens with zero attached hydrogens (tertiary/aromatic N) is 2. The van der Waals surface area contributed by atoms with Gasteiger partial charge < -0.3 is 5.32 Å². The third-order valence-corrected chi connectivity index (χ3v) is 3.76. The first kappa shape index (κ1) is 15.1. The maximum absolute atomic E-state index is 11.3. The van der Waals surface area contributed by atoms with E-state index in [1.165, 1.54) is 19.2 Å². The van der Waals surface area contributed by atoms with Gasteiger partial charge in [-0.15, -0.1) is 0 Å². The number of nitrogens with one attached hydrogen (secondary N) is 1. The van der Waals surface area contributed by atoms with E-state index in [4.69, 9.17) is 0 Å². The smallest absolute Gasteiger partial charge is 0.296 e. The molecule has 1 aliphatic rings. The second kappa shape index (κ2) is 6.02. The van der Waals surface area contributed by atoms with Crippen molar-refractivity contribution in [3.63, 3.8) is 0 Å². The topological polar surface area (TPSA) is 91.1 Å². The number of benzene rings is 1. The molecule has 0 amide bonds. The molecule has 7 heteroatoms. The molecule has 6 nitrogen and oxygen atoms in total. The summed E-state index contributed by atoms with van der Waals surface area (Å²) in [6, 6.07) is 7.32. The molecule has 0 radical (unpaired) electrons. The largest absolute Gasteiger partial charge is 0.388 e. The molecule has 0 fully saturated rings. The van der Waals surface area contributed by atoms with Gasteiger partial charge in [0.05, 0.1) is 17.1 Å². The van der Waals surface area contributed by atoms with Gasteiger partial charge in [-0.3, -0.25) is 9.55 Å². The summed E-state index contributed by atoms with van der Waals surface area (Å²) in [5, 5.41) is 3.00. The van der Waals surface area contributed by atoms with Gasteiger partial charge >= 0.3 is 0 Å². The van der Waals surface area contributed by atoms with Crippen LogP contribution in [0.1, 0.15) is 0 Å². The monoisotopic (exact) mass is 305 g/mol. The van der Waals surface area contributed by atoms with Crippen LogP contribution in [0.4, 0.5) is 11.4 Å². The van der Waals surface area contributed by atoms with Gasteiger partial charge in [0, 0.05) is 19.8 Å². The van der Waals surface area contributed by atoms with Gasteiger partial charge in [0.15, 0.2) is 0 Å². The molecule has 110 valence electrons. The molecule has 0 spiro atoms. The Morgan fingerprint density at radius 3 is 2.33 bits per heavy atom. The molecule has 0 aromatic heterocycles.